The van der Waals surface area contributed by atoms with Crippen LogP contribution < -0.4 is 14.2 Å². The Hall–Kier alpha value is -3.37. The van der Waals surface area contributed by atoms with Gasteiger partial charge in [0, 0.05) is 50.8 Å². The highest BCUT2D eigenvalue weighted by Crippen LogP contribution is 2.31. The number of hydrogen-bond acceptors (Lipinski definition) is 6. The van der Waals surface area contributed by atoms with Crippen molar-refractivity contribution in [2.24, 2.45) is 0 Å². The number of ether oxygens (including phenoxy) is 2. The first-order chi connectivity index (χ1) is 15.9. The molecule has 0 radical (unpaired) electrons. The molecule has 4 rings (SSSR count). The molecule has 0 saturated carbocycles. The van der Waals surface area contributed by atoms with Crippen LogP contribution >= 0.6 is 0 Å². The normalized spacial score (nSPS) is 13.4. The number of benzene rings is 2. The van der Waals surface area contributed by atoms with Gasteiger partial charge in [-0.1, -0.05) is 18.2 Å². The SMILES string of the molecule is CN(Cc1cnn(-c2ccccc2)c1)C(=O)CCNS(=O)(=O)c1ccc2c(c1)OCCCO2. The Bertz CT molecular complexity index is 1210. The molecule has 0 aliphatic carbocycles. The van der Waals surface area contributed by atoms with E-state index in [1.54, 1.807) is 28.9 Å². The van der Waals surface area contributed by atoms with Gasteiger partial charge >= 0.3 is 0 Å². The van der Waals surface area contributed by atoms with Crippen molar-refractivity contribution in [3.05, 3.63) is 66.5 Å². The minimum Gasteiger partial charge on any atom is -0.490 e. The summed E-state index contributed by atoms with van der Waals surface area (Å²) in [4.78, 5) is 14.1. The van der Waals surface area contributed by atoms with Crippen LogP contribution in [0.15, 0.2) is 65.8 Å². The van der Waals surface area contributed by atoms with E-state index >= 15 is 0 Å². The second-order valence-electron chi connectivity index (χ2n) is 7.69. The molecule has 1 N–H and O–H groups in total. The number of rotatable bonds is 8. The van der Waals surface area contributed by atoms with Crippen LogP contribution in [0.5, 0.6) is 11.5 Å². The van der Waals surface area contributed by atoms with Crippen molar-refractivity contribution in [1.82, 2.24) is 19.4 Å². The Kier molecular flexibility index (Phi) is 6.95. The van der Waals surface area contributed by atoms with Crippen LogP contribution in [0.2, 0.25) is 0 Å². The fraction of sp³-hybridized carbons (Fsp3) is 0.304. The number of para-hydroxylation sites is 1. The van der Waals surface area contributed by atoms with Gasteiger partial charge in [-0.3, -0.25) is 4.79 Å². The molecule has 0 unspecified atom stereocenters. The van der Waals surface area contributed by atoms with Gasteiger partial charge in [-0.15, -0.1) is 0 Å². The van der Waals surface area contributed by atoms with Crippen LogP contribution in [0.4, 0.5) is 0 Å². The van der Waals surface area contributed by atoms with Crippen LogP contribution in [0.3, 0.4) is 0 Å². The topological polar surface area (TPSA) is 103 Å². The Morgan fingerprint density at radius 1 is 1.12 bits per heavy atom. The number of aromatic nitrogens is 2. The van der Waals surface area contributed by atoms with Crippen molar-refractivity contribution in [2.75, 3.05) is 26.8 Å². The van der Waals surface area contributed by atoms with Crippen molar-refractivity contribution in [3.8, 4) is 17.2 Å². The summed E-state index contributed by atoms with van der Waals surface area (Å²) in [5, 5.41) is 4.33. The van der Waals surface area contributed by atoms with E-state index in [2.05, 4.69) is 9.82 Å². The molecular weight excluding hydrogens is 444 g/mol. The largest absolute Gasteiger partial charge is 0.490 e. The molecule has 0 bridgehead atoms. The molecule has 0 saturated heterocycles. The Labute approximate surface area is 193 Å². The molecule has 1 amide bonds. The third kappa shape index (κ3) is 5.71. The van der Waals surface area contributed by atoms with Crippen LogP contribution in [0.1, 0.15) is 18.4 Å². The average Bonchev–Trinajstić information content (AvgIpc) is 3.15. The summed E-state index contributed by atoms with van der Waals surface area (Å²) in [6, 6.07) is 14.2. The maximum absolute atomic E-state index is 12.6. The summed E-state index contributed by atoms with van der Waals surface area (Å²) >= 11 is 0. The van der Waals surface area contributed by atoms with Gasteiger partial charge in [0.25, 0.3) is 0 Å². The maximum atomic E-state index is 12.6. The molecule has 2 heterocycles. The van der Waals surface area contributed by atoms with Gasteiger partial charge < -0.3 is 14.4 Å². The van der Waals surface area contributed by atoms with Crippen molar-refractivity contribution in [2.45, 2.75) is 24.3 Å². The standard InChI is InChI=1S/C23H26N4O5S/c1-26(16-18-15-24-27(17-18)19-6-3-2-4-7-19)23(28)10-11-25-33(29,30)20-8-9-21-22(14-20)32-13-5-12-31-21/h2-4,6-9,14-15,17,25H,5,10-13,16H2,1H3. The second kappa shape index (κ2) is 10.1. The Morgan fingerprint density at radius 3 is 2.67 bits per heavy atom. The molecule has 3 aromatic rings. The number of carbonyl (C=O) groups excluding carboxylic acids is 1. The number of nitrogens with one attached hydrogen (secondary N) is 1. The number of sulfonamides is 1. The van der Waals surface area contributed by atoms with Crippen molar-refractivity contribution >= 4 is 15.9 Å². The molecule has 2 aromatic carbocycles. The fourth-order valence-corrected chi connectivity index (χ4v) is 4.45. The Balaban J connectivity index is 1.30. The zero-order valence-corrected chi connectivity index (χ0v) is 19.1. The Morgan fingerprint density at radius 2 is 1.88 bits per heavy atom. The zero-order valence-electron chi connectivity index (χ0n) is 18.3. The molecule has 1 aliphatic heterocycles. The molecule has 0 spiro atoms. The summed E-state index contributed by atoms with van der Waals surface area (Å²) < 4.78 is 40.6. The predicted molar refractivity (Wildman–Crippen MR) is 122 cm³/mol. The number of fused-ring (bicyclic) bond motifs is 1. The van der Waals surface area contributed by atoms with Gasteiger partial charge in [-0.05, 0) is 24.3 Å². The lowest BCUT2D eigenvalue weighted by Gasteiger charge is -2.16. The van der Waals surface area contributed by atoms with Crippen molar-refractivity contribution in [3.63, 3.8) is 0 Å². The van der Waals surface area contributed by atoms with Crippen LogP contribution in [0.25, 0.3) is 5.69 Å². The monoisotopic (exact) mass is 470 g/mol. The first kappa shape index (κ1) is 22.8. The first-order valence-electron chi connectivity index (χ1n) is 10.6. The predicted octanol–water partition coefficient (Wildman–Crippen LogP) is 2.36. The van der Waals surface area contributed by atoms with Gasteiger partial charge in [-0.2, -0.15) is 5.10 Å². The van der Waals surface area contributed by atoms with Gasteiger partial charge in [0.2, 0.25) is 15.9 Å². The molecule has 0 fully saturated rings. The first-order valence-corrected chi connectivity index (χ1v) is 12.1. The summed E-state index contributed by atoms with van der Waals surface area (Å²) in [7, 11) is -2.10. The second-order valence-corrected chi connectivity index (χ2v) is 9.45. The lowest BCUT2D eigenvalue weighted by atomic mass is 10.3. The van der Waals surface area contributed by atoms with E-state index in [1.807, 2.05) is 36.5 Å². The number of carbonyl (C=O) groups is 1. The number of amides is 1. The molecule has 33 heavy (non-hydrogen) atoms. The minimum absolute atomic E-state index is 0.0107. The van der Waals surface area contributed by atoms with E-state index < -0.39 is 10.0 Å². The van der Waals surface area contributed by atoms with Gasteiger partial charge in [-0.25, -0.2) is 17.8 Å². The molecular formula is C23H26N4O5S. The lowest BCUT2D eigenvalue weighted by Crippen LogP contribution is -2.31. The highest BCUT2D eigenvalue weighted by molar-refractivity contribution is 7.89. The van der Waals surface area contributed by atoms with Gasteiger partial charge in [0.05, 0.1) is 30.0 Å². The molecule has 9 nitrogen and oxygen atoms in total. The summed E-state index contributed by atoms with van der Waals surface area (Å²) in [6.45, 7) is 1.36. The van der Waals surface area contributed by atoms with Crippen molar-refractivity contribution < 1.29 is 22.7 Å². The number of hydrogen-bond donors (Lipinski definition) is 1. The molecule has 1 aliphatic rings. The summed E-state index contributed by atoms with van der Waals surface area (Å²) in [5.41, 5.74) is 1.81. The minimum atomic E-state index is -3.78. The smallest absolute Gasteiger partial charge is 0.240 e. The zero-order chi connectivity index (χ0) is 23.3. The highest BCUT2D eigenvalue weighted by atomic mass is 32.2. The van der Waals surface area contributed by atoms with Gasteiger partial charge in [0.15, 0.2) is 11.5 Å². The third-order valence-corrected chi connectivity index (χ3v) is 6.62. The van der Waals surface area contributed by atoms with Crippen molar-refractivity contribution in [1.29, 1.82) is 0 Å². The van der Waals surface area contributed by atoms with Gasteiger partial charge in [0.1, 0.15) is 0 Å². The number of nitrogens with zero attached hydrogens (tertiary/aromatic N) is 3. The maximum Gasteiger partial charge on any atom is 0.240 e. The highest BCUT2D eigenvalue weighted by Gasteiger charge is 2.19. The fourth-order valence-electron chi connectivity index (χ4n) is 3.40. The average molecular weight is 471 g/mol. The van der Waals surface area contributed by atoms with Crippen LogP contribution in [-0.4, -0.2) is 55.8 Å². The molecule has 10 heteroatoms. The van der Waals surface area contributed by atoms with E-state index in [4.69, 9.17) is 9.47 Å². The van der Waals surface area contributed by atoms with Crippen LogP contribution in [-0.2, 0) is 21.4 Å². The summed E-state index contributed by atoms with van der Waals surface area (Å²) in [6.07, 6.45) is 4.35. The van der Waals surface area contributed by atoms with Crippen LogP contribution in [0, 0.1) is 0 Å². The molecule has 0 atom stereocenters. The van der Waals surface area contributed by atoms with E-state index in [0.717, 1.165) is 17.7 Å². The van der Waals surface area contributed by atoms with E-state index in [-0.39, 0.29) is 23.8 Å². The summed E-state index contributed by atoms with van der Waals surface area (Å²) in [5.74, 6) is 0.755. The molecule has 1 aromatic heterocycles. The van der Waals surface area contributed by atoms with E-state index in [1.165, 1.54) is 12.1 Å². The molecule has 174 valence electrons. The lowest BCUT2D eigenvalue weighted by molar-refractivity contribution is -0.130. The quantitative estimate of drug-likeness (QED) is 0.542. The van der Waals surface area contributed by atoms with E-state index in [9.17, 15) is 13.2 Å². The van der Waals surface area contributed by atoms with E-state index in [0.29, 0.717) is 31.3 Å². The third-order valence-electron chi connectivity index (χ3n) is 5.16.